The topological polar surface area (TPSA) is 68.3 Å². The molecule has 2 aromatic carbocycles. The SMILES string of the molecule is CC(=O)c1cc(C(C)=O)cc(C(C)=O)c1.O=C1CCc2ccccc21. The predicted molar refractivity (Wildman–Crippen MR) is 95.5 cm³/mol. The van der Waals surface area contributed by atoms with Crippen molar-refractivity contribution in [2.75, 3.05) is 0 Å². The Morgan fingerprint density at radius 1 is 0.720 bits per heavy atom. The van der Waals surface area contributed by atoms with Gasteiger partial charge in [-0.15, -0.1) is 0 Å². The van der Waals surface area contributed by atoms with Crippen molar-refractivity contribution in [3.63, 3.8) is 0 Å². The number of carbonyl (C=O) groups is 4. The minimum Gasteiger partial charge on any atom is -0.295 e. The number of carbonyl (C=O) groups excluding carboxylic acids is 4. The molecule has 0 N–H and O–H groups in total. The van der Waals surface area contributed by atoms with Crippen LogP contribution in [0.15, 0.2) is 42.5 Å². The minimum absolute atomic E-state index is 0.152. The van der Waals surface area contributed by atoms with E-state index >= 15 is 0 Å². The first-order valence-corrected chi connectivity index (χ1v) is 8.08. The summed E-state index contributed by atoms with van der Waals surface area (Å²) in [5.41, 5.74) is 3.34. The Hall–Kier alpha value is -2.88. The highest BCUT2D eigenvalue weighted by molar-refractivity contribution is 6.04. The molecule has 0 saturated heterocycles. The van der Waals surface area contributed by atoms with Crippen LogP contribution in [0.2, 0.25) is 0 Å². The lowest BCUT2D eigenvalue weighted by molar-refractivity contribution is 0.0987. The van der Waals surface area contributed by atoms with Gasteiger partial charge in [0.05, 0.1) is 0 Å². The molecule has 0 radical (unpaired) electrons. The first-order valence-electron chi connectivity index (χ1n) is 8.08. The van der Waals surface area contributed by atoms with Gasteiger partial charge in [0.1, 0.15) is 0 Å². The molecular weight excluding hydrogens is 316 g/mol. The van der Waals surface area contributed by atoms with Crippen LogP contribution in [0.4, 0.5) is 0 Å². The van der Waals surface area contributed by atoms with Crippen LogP contribution in [-0.4, -0.2) is 23.1 Å². The third-order valence-electron chi connectivity index (χ3n) is 4.09. The largest absolute Gasteiger partial charge is 0.295 e. The summed E-state index contributed by atoms with van der Waals surface area (Å²) in [7, 11) is 0. The number of fused-ring (bicyclic) bond motifs is 1. The van der Waals surface area contributed by atoms with E-state index in [0.717, 1.165) is 12.0 Å². The minimum atomic E-state index is -0.152. The maximum Gasteiger partial charge on any atom is 0.163 e. The molecule has 25 heavy (non-hydrogen) atoms. The van der Waals surface area contributed by atoms with Gasteiger partial charge in [0.25, 0.3) is 0 Å². The van der Waals surface area contributed by atoms with Gasteiger partial charge in [-0.25, -0.2) is 0 Å². The zero-order valence-corrected chi connectivity index (χ0v) is 14.6. The van der Waals surface area contributed by atoms with Crippen LogP contribution in [0.1, 0.15) is 74.2 Å². The molecule has 4 heteroatoms. The van der Waals surface area contributed by atoms with Crippen molar-refractivity contribution in [1.29, 1.82) is 0 Å². The molecule has 1 aliphatic carbocycles. The van der Waals surface area contributed by atoms with Gasteiger partial charge in [0.15, 0.2) is 23.1 Å². The van der Waals surface area contributed by atoms with Crippen LogP contribution in [0, 0.1) is 0 Å². The number of rotatable bonds is 3. The number of hydrogen-bond acceptors (Lipinski definition) is 4. The maximum absolute atomic E-state index is 11.2. The van der Waals surface area contributed by atoms with E-state index in [-0.39, 0.29) is 17.3 Å². The Kier molecular flexibility index (Phi) is 5.75. The molecule has 0 aromatic heterocycles. The first-order chi connectivity index (χ1) is 11.8. The van der Waals surface area contributed by atoms with Crippen molar-refractivity contribution in [1.82, 2.24) is 0 Å². The lowest BCUT2D eigenvalue weighted by Gasteiger charge is -2.03. The highest BCUT2D eigenvalue weighted by Gasteiger charge is 2.17. The van der Waals surface area contributed by atoms with Gasteiger partial charge in [-0.05, 0) is 51.0 Å². The van der Waals surface area contributed by atoms with Crippen LogP contribution in [0.3, 0.4) is 0 Å². The van der Waals surface area contributed by atoms with Crippen molar-refractivity contribution in [2.24, 2.45) is 0 Å². The van der Waals surface area contributed by atoms with E-state index in [4.69, 9.17) is 0 Å². The average molecular weight is 336 g/mol. The van der Waals surface area contributed by atoms with Gasteiger partial charge in [0.2, 0.25) is 0 Å². The Morgan fingerprint density at radius 3 is 1.56 bits per heavy atom. The van der Waals surface area contributed by atoms with Gasteiger partial charge in [-0.1, -0.05) is 24.3 Å². The molecule has 4 nitrogen and oxygen atoms in total. The molecule has 0 spiro atoms. The molecule has 128 valence electrons. The van der Waals surface area contributed by atoms with Crippen LogP contribution in [-0.2, 0) is 6.42 Å². The Bertz CT molecular complexity index is 783. The van der Waals surface area contributed by atoms with Crippen molar-refractivity contribution in [2.45, 2.75) is 33.6 Å². The predicted octanol–water partition coefficient (Wildman–Crippen LogP) is 4.11. The van der Waals surface area contributed by atoms with Crippen molar-refractivity contribution < 1.29 is 19.2 Å². The average Bonchev–Trinajstić information content (AvgIpc) is 2.96. The van der Waals surface area contributed by atoms with Gasteiger partial charge >= 0.3 is 0 Å². The van der Waals surface area contributed by atoms with Gasteiger partial charge in [-0.2, -0.15) is 0 Å². The molecule has 0 unspecified atom stereocenters. The van der Waals surface area contributed by atoms with Gasteiger partial charge < -0.3 is 0 Å². The highest BCUT2D eigenvalue weighted by Crippen LogP contribution is 2.20. The quantitative estimate of drug-likeness (QED) is 0.791. The van der Waals surface area contributed by atoms with Crippen LogP contribution in [0.5, 0.6) is 0 Å². The zero-order valence-electron chi connectivity index (χ0n) is 14.6. The fraction of sp³-hybridized carbons (Fsp3) is 0.238. The highest BCUT2D eigenvalue weighted by atomic mass is 16.1. The fourth-order valence-corrected chi connectivity index (χ4v) is 2.63. The number of benzene rings is 2. The monoisotopic (exact) mass is 336 g/mol. The maximum atomic E-state index is 11.2. The second-order valence-corrected chi connectivity index (χ2v) is 6.05. The molecule has 2 aromatic rings. The van der Waals surface area contributed by atoms with E-state index in [1.807, 2.05) is 24.3 Å². The standard InChI is InChI=1S/C12H12O3.C9H8O/c1-7(13)10-4-11(8(2)14)6-12(5-10)9(3)15;10-9-6-5-7-3-1-2-4-8(7)9/h4-6H,1-3H3;1-4H,5-6H2. The molecule has 3 rings (SSSR count). The summed E-state index contributed by atoms with van der Waals surface area (Å²) in [6.07, 6.45) is 1.65. The molecule has 0 heterocycles. The normalized spacial score (nSPS) is 12.0. The molecule has 0 bridgehead atoms. The molecule has 0 saturated carbocycles. The summed E-state index contributed by atoms with van der Waals surface area (Å²) in [4.78, 5) is 44.6. The van der Waals surface area contributed by atoms with Gasteiger partial charge in [0, 0.05) is 28.7 Å². The zero-order chi connectivity index (χ0) is 18.6. The van der Waals surface area contributed by atoms with E-state index in [1.165, 1.54) is 44.5 Å². The summed E-state index contributed by atoms with van der Waals surface area (Å²) >= 11 is 0. The summed E-state index contributed by atoms with van der Waals surface area (Å²) in [6.45, 7) is 4.22. The Morgan fingerprint density at radius 2 is 1.16 bits per heavy atom. The second kappa shape index (κ2) is 7.79. The van der Waals surface area contributed by atoms with Gasteiger partial charge in [-0.3, -0.25) is 19.2 Å². The third-order valence-corrected chi connectivity index (χ3v) is 4.09. The fourth-order valence-electron chi connectivity index (χ4n) is 2.63. The van der Waals surface area contributed by atoms with Crippen LogP contribution >= 0.6 is 0 Å². The lowest BCUT2D eigenvalue weighted by Crippen LogP contribution is -2.03. The Balaban J connectivity index is 0.000000194. The molecule has 0 atom stereocenters. The van der Waals surface area contributed by atoms with E-state index in [9.17, 15) is 19.2 Å². The third kappa shape index (κ3) is 4.57. The first kappa shape index (κ1) is 18.5. The summed E-state index contributed by atoms with van der Waals surface area (Å²) in [5.74, 6) is -0.155. The number of hydrogen-bond donors (Lipinski definition) is 0. The summed E-state index contributed by atoms with van der Waals surface area (Å²) < 4.78 is 0. The molecule has 0 amide bonds. The van der Waals surface area contributed by atoms with E-state index in [1.54, 1.807) is 0 Å². The summed E-state index contributed by atoms with van der Waals surface area (Å²) in [6, 6.07) is 12.4. The second-order valence-electron chi connectivity index (χ2n) is 6.05. The smallest absolute Gasteiger partial charge is 0.163 e. The van der Waals surface area contributed by atoms with Crippen molar-refractivity contribution in [3.05, 3.63) is 70.3 Å². The summed E-state index contributed by atoms with van der Waals surface area (Å²) in [5, 5.41) is 0. The number of ketones is 4. The Labute approximate surface area is 146 Å². The van der Waals surface area contributed by atoms with Crippen molar-refractivity contribution >= 4 is 23.1 Å². The number of aryl methyl sites for hydroxylation is 1. The van der Waals surface area contributed by atoms with E-state index in [2.05, 4.69) is 0 Å². The number of Topliss-reactive ketones (excluding diaryl/α,β-unsaturated/α-hetero) is 4. The van der Waals surface area contributed by atoms with E-state index in [0.29, 0.717) is 28.9 Å². The molecule has 1 aliphatic rings. The molecule has 0 aliphatic heterocycles. The lowest BCUT2D eigenvalue weighted by atomic mass is 10.00. The van der Waals surface area contributed by atoms with Crippen LogP contribution in [0.25, 0.3) is 0 Å². The molecule has 0 fully saturated rings. The molecular formula is C21H20O4. The van der Waals surface area contributed by atoms with Crippen molar-refractivity contribution in [3.8, 4) is 0 Å². The van der Waals surface area contributed by atoms with E-state index < -0.39 is 0 Å². The van der Waals surface area contributed by atoms with Crippen LogP contribution < -0.4 is 0 Å².